The fourth-order valence-corrected chi connectivity index (χ4v) is 5.67. The summed E-state index contributed by atoms with van der Waals surface area (Å²) in [6.45, 7) is 3.77. The van der Waals surface area contributed by atoms with Gasteiger partial charge in [0.2, 0.25) is 0 Å². The number of aryl methyl sites for hydroxylation is 1. The topological polar surface area (TPSA) is 68.9 Å². The van der Waals surface area contributed by atoms with Crippen molar-refractivity contribution in [3.8, 4) is 0 Å². The number of benzene rings is 1. The lowest BCUT2D eigenvalue weighted by Gasteiger charge is -2.36. The van der Waals surface area contributed by atoms with Gasteiger partial charge in [-0.25, -0.2) is 0 Å². The lowest BCUT2D eigenvalue weighted by Crippen LogP contribution is -2.39. The highest BCUT2D eigenvalue weighted by Gasteiger charge is 2.46. The standard InChI is InChI=1S/C28H31NO4/c1-17-13-14-24(32-17)27-25(28(31)33-21-11-7-4-8-12-21)18(2)29-22-15-20(16-23(30)26(22)27)19-9-5-3-6-10-19/h3,5-6,9-10,13-14,20-21,25,27H,4,7-8,11-12,15-16H2,1-2H3. The SMILES string of the molecule is CC1=NC2=C(C(=O)CC(c3ccccc3)C2)C(c2ccc(C)o2)C1C(=O)OC1CCCCC1. The molecule has 1 aromatic heterocycles. The Morgan fingerprint density at radius 2 is 1.76 bits per heavy atom. The fraction of sp³-hybridized carbons (Fsp3) is 0.464. The van der Waals surface area contributed by atoms with E-state index >= 15 is 0 Å². The highest BCUT2D eigenvalue weighted by molar-refractivity contribution is 6.09. The molecule has 5 rings (SSSR count). The number of ether oxygens (including phenoxy) is 1. The number of hydrogen-bond donors (Lipinski definition) is 0. The zero-order valence-electron chi connectivity index (χ0n) is 19.4. The summed E-state index contributed by atoms with van der Waals surface area (Å²) >= 11 is 0. The van der Waals surface area contributed by atoms with Gasteiger partial charge in [0.1, 0.15) is 23.5 Å². The number of hydrogen-bond acceptors (Lipinski definition) is 5. The number of carbonyl (C=O) groups is 2. The molecule has 0 radical (unpaired) electrons. The molecular formula is C28H31NO4. The van der Waals surface area contributed by atoms with Gasteiger partial charge >= 0.3 is 5.97 Å². The fourth-order valence-electron chi connectivity index (χ4n) is 5.67. The molecule has 5 nitrogen and oxygen atoms in total. The molecule has 0 N–H and O–H groups in total. The highest BCUT2D eigenvalue weighted by Crippen LogP contribution is 2.47. The molecule has 0 amide bonds. The number of ketones is 1. The van der Waals surface area contributed by atoms with E-state index in [4.69, 9.17) is 14.1 Å². The second kappa shape index (κ2) is 9.12. The van der Waals surface area contributed by atoms with Crippen LogP contribution < -0.4 is 0 Å². The molecule has 0 saturated heterocycles. The van der Waals surface area contributed by atoms with Crippen molar-refractivity contribution < 1.29 is 18.7 Å². The molecule has 3 aliphatic rings. The molecule has 1 saturated carbocycles. The monoisotopic (exact) mass is 445 g/mol. The average molecular weight is 446 g/mol. The van der Waals surface area contributed by atoms with Crippen LogP contribution >= 0.6 is 0 Å². The van der Waals surface area contributed by atoms with Crippen molar-refractivity contribution in [2.24, 2.45) is 10.9 Å². The van der Waals surface area contributed by atoms with Crippen LogP contribution in [0, 0.1) is 12.8 Å². The van der Waals surface area contributed by atoms with Crippen molar-refractivity contribution in [1.29, 1.82) is 0 Å². The predicted molar refractivity (Wildman–Crippen MR) is 126 cm³/mol. The van der Waals surface area contributed by atoms with Gasteiger partial charge in [0.25, 0.3) is 0 Å². The van der Waals surface area contributed by atoms with Gasteiger partial charge in [0.05, 0.1) is 5.92 Å². The van der Waals surface area contributed by atoms with Gasteiger partial charge < -0.3 is 9.15 Å². The van der Waals surface area contributed by atoms with Gasteiger partial charge in [-0.2, -0.15) is 0 Å². The third-order valence-corrected chi connectivity index (χ3v) is 7.32. The van der Waals surface area contributed by atoms with Crippen molar-refractivity contribution >= 4 is 17.5 Å². The Morgan fingerprint density at radius 3 is 2.45 bits per heavy atom. The number of furan rings is 1. The van der Waals surface area contributed by atoms with Crippen LogP contribution in [-0.2, 0) is 14.3 Å². The van der Waals surface area contributed by atoms with Gasteiger partial charge in [0.15, 0.2) is 5.78 Å². The first-order chi connectivity index (χ1) is 16.0. The number of rotatable bonds is 4. The van der Waals surface area contributed by atoms with E-state index in [1.54, 1.807) is 0 Å². The van der Waals surface area contributed by atoms with Crippen molar-refractivity contribution in [3.63, 3.8) is 0 Å². The van der Waals surface area contributed by atoms with E-state index in [-0.39, 0.29) is 23.8 Å². The summed E-state index contributed by atoms with van der Waals surface area (Å²) in [5, 5.41) is 0. The molecule has 0 spiro atoms. The minimum Gasteiger partial charge on any atom is -0.466 e. The van der Waals surface area contributed by atoms with E-state index < -0.39 is 11.8 Å². The first kappa shape index (κ1) is 21.9. The summed E-state index contributed by atoms with van der Waals surface area (Å²) < 4.78 is 12.0. The zero-order valence-corrected chi connectivity index (χ0v) is 19.4. The molecule has 2 aliphatic carbocycles. The first-order valence-electron chi connectivity index (χ1n) is 12.1. The Labute approximate surface area is 194 Å². The van der Waals surface area contributed by atoms with Crippen LogP contribution in [0.4, 0.5) is 0 Å². The number of esters is 1. The molecule has 5 heteroatoms. The quantitative estimate of drug-likeness (QED) is 0.538. The molecule has 1 aliphatic heterocycles. The summed E-state index contributed by atoms with van der Waals surface area (Å²) in [5.41, 5.74) is 3.27. The molecule has 0 bridgehead atoms. The summed E-state index contributed by atoms with van der Waals surface area (Å²) in [5.74, 6) is 0.157. The molecular weight excluding hydrogens is 414 g/mol. The molecule has 2 heterocycles. The van der Waals surface area contributed by atoms with Crippen molar-refractivity contribution in [2.75, 3.05) is 0 Å². The lowest BCUT2D eigenvalue weighted by molar-refractivity contribution is -0.153. The van der Waals surface area contributed by atoms with E-state index in [0.29, 0.717) is 29.9 Å². The Balaban J connectivity index is 1.51. The maximum Gasteiger partial charge on any atom is 0.316 e. The third-order valence-electron chi connectivity index (χ3n) is 7.32. The van der Waals surface area contributed by atoms with Gasteiger partial charge in [-0.05, 0) is 69.6 Å². The predicted octanol–water partition coefficient (Wildman–Crippen LogP) is 6.04. The van der Waals surface area contributed by atoms with Crippen LogP contribution in [0.2, 0.25) is 0 Å². The van der Waals surface area contributed by atoms with Gasteiger partial charge in [-0.1, -0.05) is 36.8 Å². The minimum absolute atomic E-state index is 0.0436. The number of carbonyl (C=O) groups excluding carboxylic acids is 2. The highest BCUT2D eigenvalue weighted by atomic mass is 16.5. The third kappa shape index (κ3) is 4.33. The summed E-state index contributed by atoms with van der Waals surface area (Å²) in [7, 11) is 0. The maximum absolute atomic E-state index is 13.5. The van der Waals surface area contributed by atoms with E-state index in [0.717, 1.165) is 42.7 Å². The summed E-state index contributed by atoms with van der Waals surface area (Å²) in [4.78, 5) is 31.8. The summed E-state index contributed by atoms with van der Waals surface area (Å²) in [6.07, 6.45) is 6.24. The van der Waals surface area contributed by atoms with Crippen LogP contribution in [0.3, 0.4) is 0 Å². The molecule has 3 atom stereocenters. The molecule has 33 heavy (non-hydrogen) atoms. The maximum atomic E-state index is 13.5. The number of allylic oxidation sites excluding steroid dienone is 2. The van der Waals surface area contributed by atoms with E-state index in [1.165, 1.54) is 6.42 Å². The Morgan fingerprint density at radius 1 is 1.00 bits per heavy atom. The van der Waals surface area contributed by atoms with Crippen LogP contribution in [0.15, 0.2) is 63.1 Å². The zero-order chi connectivity index (χ0) is 22.9. The first-order valence-corrected chi connectivity index (χ1v) is 12.1. The van der Waals surface area contributed by atoms with E-state index in [2.05, 4.69) is 12.1 Å². The van der Waals surface area contributed by atoms with Crippen LogP contribution in [-0.4, -0.2) is 23.6 Å². The minimum atomic E-state index is -0.631. The molecule has 1 fully saturated rings. The Hall–Kier alpha value is -2.95. The van der Waals surface area contributed by atoms with Crippen LogP contribution in [0.1, 0.15) is 80.8 Å². The van der Waals surface area contributed by atoms with E-state index in [9.17, 15) is 9.59 Å². The molecule has 172 valence electrons. The summed E-state index contributed by atoms with van der Waals surface area (Å²) in [6, 6.07) is 13.9. The molecule has 2 aromatic rings. The largest absolute Gasteiger partial charge is 0.466 e. The van der Waals surface area contributed by atoms with Gasteiger partial charge in [-0.3, -0.25) is 14.6 Å². The smallest absolute Gasteiger partial charge is 0.316 e. The average Bonchev–Trinajstić information content (AvgIpc) is 3.25. The van der Waals surface area contributed by atoms with Crippen molar-refractivity contribution in [2.45, 2.75) is 76.7 Å². The Kier molecular flexibility index (Phi) is 6.05. The second-order valence-corrected chi connectivity index (χ2v) is 9.65. The van der Waals surface area contributed by atoms with E-state index in [1.807, 2.05) is 44.2 Å². The van der Waals surface area contributed by atoms with Crippen LogP contribution in [0.5, 0.6) is 0 Å². The lowest BCUT2D eigenvalue weighted by atomic mass is 9.70. The van der Waals surface area contributed by atoms with Crippen molar-refractivity contribution in [3.05, 3.63) is 70.8 Å². The van der Waals surface area contributed by atoms with Gasteiger partial charge in [-0.15, -0.1) is 0 Å². The number of aliphatic imine (C=N–C) groups is 1. The molecule has 3 unspecified atom stereocenters. The van der Waals surface area contributed by atoms with Crippen molar-refractivity contribution in [1.82, 2.24) is 0 Å². The second-order valence-electron chi connectivity index (χ2n) is 9.65. The van der Waals surface area contributed by atoms with Crippen LogP contribution in [0.25, 0.3) is 0 Å². The number of nitrogens with zero attached hydrogens (tertiary/aromatic N) is 1. The Bertz CT molecular complexity index is 1100. The normalized spacial score (nSPS) is 26.1. The number of Topliss-reactive ketones (excluding diaryl/α,β-unsaturated/α-hetero) is 1. The molecule has 1 aromatic carbocycles. The van der Waals surface area contributed by atoms with Gasteiger partial charge in [0, 0.05) is 23.4 Å².